The summed E-state index contributed by atoms with van der Waals surface area (Å²) < 4.78 is 55.6. The molecule has 5 rings (SSSR count). The first-order valence-corrected chi connectivity index (χ1v) is 10.1. The fourth-order valence-electron chi connectivity index (χ4n) is 4.39. The van der Waals surface area contributed by atoms with E-state index in [1.165, 1.54) is 35.4 Å². The number of anilines is 2. The molecule has 0 radical (unpaired) electrons. The highest BCUT2D eigenvalue weighted by Gasteiger charge is 2.61. The standard InChI is InChI=1S/C24H16F4N2O3/c25-17-12-6-4-10-15(17)20-19-21(33-30(20)14-8-2-1-3-9-14)23(32)29(22(19)31)18-13-7-5-11-16(18)24(26,27)28/h1-13,19-21H/t19-,20+,21-/m1/s1. The van der Waals surface area contributed by atoms with Gasteiger partial charge in [-0.25, -0.2) is 14.4 Å². The summed E-state index contributed by atoms with van der Waals surface area (Å²) in [5.74, 6) is -3.67. The summed E-state index contributed by atoms with van der Waals surface area (Å²) in [6, 6.07) is 17.5. The fraction of sp³-hybridized carbons (Fsp3) is 0.167. The number of fused-ring (bicyclic) bond motifs is 1. The monoisotopic (exact) mass is 456 g/mol. The molecule has 5 nitrogen and oxygen atoms in total. The maximum Gasteiger partial charge on any atom is 0.418 e. The highest BCUT2D eigenvalue weighted by atomic mass is 19.4. The molecule has 3 aromatic carbocycles. The number of halogens is 4. The predicted octanol–water partition coefficient (Wildman–Crippen LogP) is 4.90. The quantitative estimate of drug-likeness (QED) is 0.416. The lowest BCUT2D eigenvalue weighted by molar-refractivity contribution is -0.137. The zero-order valence-electron chi connectivity index (χ0n) is 16.9. The van der Waals surface area contributed by atoms with Crippen LogP contribution in [-0.2, 0) is 20.6 Å². The van der Waals surface area contributed by atoms with Crippen LogP contribution in [0.2, 0.25) is 0 Å². The Labute approximate surface area is 185 Å². The maximum atomic E-state index is 14.8. The highest BCUT2D eigenvalue weighted by Crippen LogP contribution is 2.49. The van der Waals surface area contributed by atoms with Crippen LogP contribution in [-0.4, -0.2) is 17.9 Å². The number of alkyl halides is 3. The van der Waals surface area contributed by atoms with Crippen LogP contribution in [0, 0.1) is 11.7 Å². The normalized spacial score (nSPS) is 22.7. The number of hydroxylamine groups is 1. The zero-order chi connectivity index (χ0) is 23.3. The van der Waals surface area contributed by atoms with E-state index >= 15 is 0 Å². The molecule has 2 aliphatic heterocycles. The molecule has 0 aliphatic carbocycles. The number of hydrogen-bond acceptors (Lipinski definition) is 4. The van der Waals surface area contributed by atoms with Crippen LogP contribution in [0.4, 0.5) is 28.9 Å². The van der Waals surface area contributed by atoms with Gasteiger partial charge in [-0.2, -0.15) is 13.2 Å². The van der Waals surface area contributed by atoms with Crippen molar-refractivity contribution in [2.24, 2.45) is 5.92 Å². The minimum Gasteiger partial charge on any atom is -0.273 e. The second-order valence-corrected chi connectivity index (χ2v) is 7.71. The maximum absolute atomic E-state index is 14.8. The van der Waals surface area contributed by atoms with Crippen molar-refractivity contribution in [2.45, 2.75) is 18.3 Å². The number of hydrogen-bond donors (Lipinski definition) is 0. The first-order valence-electron chi connectivity index (χ1n) is 10.1. The van der Waals surface area contributed by atoms with Crippen LogP contribution >= 0.6 is 0 Å². The molecule has 0 saturated carbocycles. The molecule has 2 saturated heterocycles. The fourth-order valence-corrected chi connectivity index (χ4v) is 4.39. The number of imide groups is 1. The van der Waals surface area contributed by atoms with Gasteiger partial charge in [0.05, 0.1) is 23.0 Å². The van der Waals surface area contributed by atoms with Gasteiger partial charge in [0, 0.05) is 5.56 Å². The Morgan fingerprint density at radius 2 is 1.42 bits per heavy atom. The molecule has 0 spiro atoms. The van der Waals surface area contributed by atoms with E-state index in [4.69, 9.17) is 4.84 Å². The lowest BCUT2D eigenvalue weighted by Crippen LogP contribution is -2.38. The molecule has 0 unspecified atom stereocenters. The van der Waals surface area contributed by atoms with Crippen molar-refractivity contribution in [3.63, 3.8) is 0 Å². The van der Waals surface area contributed by atoms with Gasteiger partial charge in [0.1, 0.15) is 11.7 Å². The van der Waals surface area contributed by atoms with Gasteiger partial charge in [-0.1, -0.05) is 48.5 Å². The molecule has 2 fully saturated rings. The molecule has 9 heteroatoms. The topological polar surface area (TPSA) is 49.9 Å². The van der Waals surface area contributed by atoms with Crippen LogP contribution in [0.25, 0.3) is 0 Å². The Morgan fingerprint density at radius 1 is 0.788 bits per heavy atom. The van der Waals surface area contributed by atoms with Gasteiger partial charge >= 0.3 is 6.18 Å². The Morgan fingerprint density at radius 3 is 2.12 bits per heavy atom. The van der Waals surface area contributed by atoms with Crippen LogP contribution in [0.3, 0.4) is 0 Å². The number of benzene rings is 3. The third-order valence-corrected chi connectivity index (χ3v) is 5.80. The van der Waals surface area contributed by atoms with Crippen molar-refractivity contribution < 1.29 is 32.0 Å². The molecule has 2 aliphatic rings. The molecule has 3 atom stereocenters. The first-order chi connectivity index (χ1) is 15.8. The van der Waals surface area contributed by atoms with Crippen molar-refractivity contribution in [1.82, 2.24) is 0 Å². The van der Waals surface area contributed by atoms with E-state index in [-0.39, 0.29) is 5.56 Å². The Hall–Kier alpha value is -3.72. The summed E-state index contributed by atoms with van der Waals surface area (Å²) in [6.07, 6.45) is -6.18. The number of carbonyl (C=O) groups is 2. The van der Waals surface area contributed by atoms with Gasteiger partial charge < -0.3 is 0 Å². The first kappa shape index (κ1) is 21.1. The van der Waals surface area contributed by atoms with E-state index in [0.717, 1.165) is 12.1 Å². The van der Waals surface area contributed by atoms with Crippen LogP contribution in [0.15, 0.2) is 78.9 Å². The van der Waals surface area contributed by atoms with Gasteiger partial charge in [0.15, 0.2) is 6.10 Å². The van der Waals surface area contributed by atoms with E-state index in [1.807, 2.05) is 0 Å². The van der Waals surface area contributed by atoms with E-state index in [0.29, 0.717) is 10.6 Å². The average molecular weight is 456 g/mol. The van der Waals surface area contributed by atoms with Gasteiger partial charge in [-0.3, -0.25) is 14.4 Å². The van der Waals surface area contributed by atoms with Gasteiger partial charge in [-0.15, -0.1) is 0 Å². The van der Waals surface area contributed by atoms with Crippen molar-refractivity contribution in [3.8, 4) is 0 Å². The Bertz CT molecular complexity index is 1230. The minimum atomic E-state index is -4.78. The average Bonchev–Trinajstić information content (AvgIpc) is 3.30. The van der Waals surface area contributed by atoms with E-state index < -0.39 is 53.1 Å². The Kier molecular flexibility index (Phi) is 4.93. The van der Waals surface area contributed by atoms with Crippen LogP contribution in [0.1, 0.15) is 17.2 Å². The van der Waals surface area contributed by atoms with Crippen molar-refractivity contribution in [2.75, 3.05) is 9.96 Å². The molecule has 168 valence electrons. The highest BCUT2D eigenvalue weighted by molar-refractivity contribution is 6.24. The molecule has 0 aromatic heterocycles. The third-order valence-electron chi connectivity index (χ3n) is 5.80. The van der Waals surface area contributed by atoms with Crippen molar-refractivity contribution in [1.29, 1.82) is 0 Å². The molecule has 0 N–H and O–H groups in total. The second-order valence-electron chi connectivity index (χ2n) is 7.71. The van der Waals surface area contributed by atoms with E-state index in [1.54, 1.807) is 36.4 Å². The largest absolute Gasteiger partial charge is 0.418 e. The van der Waals surface area contributed by atoms with E-state index in [2.05, 4.69) is 0 Å². The summed E-state index contributed by atoms with van der Waals surface area (Å²) in [6.45, 7) is 0. The number of para-hydroxylation sites is 2. The third kappa shape index (κ3) is 3.36. The number of amides is 2. The van der Waals surface area contributed by atoms with Gasteiger partial charge in [-0.05, 0) is 30.3 Å². The van der Waals surface area contributed by atoms with Gasteiger partial charge in [0.25, 0.3) is 5.91 Å². The van der Waals surface area contributed by atoms with Crippen LogP contribution < -0.4 is 9.96 Å². The second kappa shape index (κ2) is 7.70. The summed E-state index contributed by atoms with van der Waals surface area (Å²) in [5.41, 5.74) is -1.12. The molecule has 33 heavy (non-hydrogen) atoms. The number of nitrogens with zero attached hydrogens (tertiary/aromatic N) is 2. The smallest absolute Gasteiger partial charge is 0.273 e. The van der Waals surface area contributed by atoms with Crippen molar-refractivity contribution in [3.05, 3.63) is 95.8 Å². The summed E-state index contributed by atoms with van der Waals surface area (Å²) in [5, 5.41) is 1.29. The van der Waals surface area contributed by atoms with Gasteiger partial charge in [0.2, 0.25) is 5.91 Å². The zero-order valence-corrected chi connectivity index (χ0v) is 16.9. The van der Waals surface area contributed by atoms with Crippen molar-refractivity contribution >= 4 is 23.2 Å². The molecule has 3 aromatic rings. The number of carbonyl (C=O) groups excluding carboxylic acids is 2. The Balaban J connectivity index is 1.62. The lowest BCUT2D eigenvalue weighted by atomic mass is 9.90. The molecular weight excluding hydrogens is 440 g/mol. The van der Waals surface area contributed by atoms with Crippen LogP contribution in [0.5, 0.6) is 0 Å². The summed E-state index contributed by atoms with van der Waals surface area (Å²) >= 11 is 0. The molecule has 0 bridgehead atoms. The summed E-state index contributed by atoms with van der Waals surface area (Å²) in [7, 11) is 0. The SMILES string of the molecule is O=C1[C@H]2[C@@H](ON(c3ccccc3)[C@H]2c2ccccc2F)C(=O)N1c1ccccc1C(F)(F)F. The minimum absolute atomic E-state index is 0.0981. The number of rotatable bonds is 3. The molecule has 2 heterocycles. The molecule has 2 amide bonds. The predicted molar refractivity (Wildman–Crippen MR) is 110 cm³/mol. The summed E-state index contributed by atoms with van der Waals surface area (Å²) in [4.78, 5) is 33.0. The molecular formula is C24H16F4N2O3. The van der Waals surface area contributed by atoms with E-state index in [9.17, 15) is 27.2 Å². The lowest BCUT2D eigenvalue weighted by Gasteiger charge is -2.29.